The number of aromatic nitrogens is 2. The van der Waals surface area contributed by atoms with Crippen LogP contribution in [-0.4, -0.2) is 96.9 Å². The Bertz CT molecular complexity index is 1250. The molecule has 2 aliphatic rings. The number of carbonyl (C=O) groups is 2. The largest absolute Gasteiger partial charge is 0.419 e. The third-order valence-corrected chi connectivity index (χ3v) is 8.90. The number of piperidine rings is 1. The minimum Gasteiger partial charge on any atom is -0.356 e. The lowest BCUT2D eigenvalue weighted by molar-refractivity contribution is -0.138. The predicted octanol–water partition coefficient (Wildman–Crippen LogP) is 4.82. The van der Waals surface area contributed by atoms with Crippen molar-refractivity contribution >= 4 is 23.5 Å². The molecule has 1 saturated heterocycles. The first-order valence-electron chi connectivity index (χ1n) is 15.6. The number of benzene rings is 1. The van der Waals surface area contributed by atoms with E-state index in [1.54, 1.807) is 29.2 Å². The molecule has 1 aliphatic heterocycles. The number of hydrogen-bond acceptors (Lipinski definition) is 7. The Morgan fingerprint density at radius 1 is 1.02 bits per heavy atom. The number of alkyl halides is 3. The number of unbranched alkanes of at least 4 members (excludes halogenated alkanes) is 1. The third-order valence-electron chi connectivity index (χ3n) is 8.90. The van der Waals surface area contributed by atoms with E-state index in [1.165, 1.54) is 0 Å². The van der Waals surface area contributed by atoms with Gasteiger partial charge in [0.15, 0.2) is 0 Å². The van der Waals surface area contributed by atoms with Crippen LogP contribution in [0.15, 0.2) is 30.5 Å². The molecule has 2 amide bonds. The van der Waals surface area contributed by atoms with E-state index < -0.39 is 11.7 Å². The molecule has 1 aromatic carbocycles. The van der Waals surface area contributed by atoms with Crippen LogP contribution < -0.4 is 10.6 Å². The van der Waals surface area contributed by atoms with Gasteiger partial charge in [-0.25, -0.2) is 9.97 Å². The summed E-state index contributed by atoms with van der Waals surface area (Å²) in [6.07, 6.45) is 2.03. The molecule has 2 N–H and O–H groups in total. The molecule has 2 heterocycles. The van der Waals surface area contributed by atoms with Crippen LogP contribution >= 0.6 is 0 Å². The summed E-state index contributed by atoms with van der Waals surface area (Å²) < 4.78 is 41.9. The van der Waals surface area contributed by atoms with E-state index in [1.807, 2.05) is 21.1 Å². The van der Waals surface area contributed by atoms with Gasteiger partial charge >= 0.3 is 6.18 Å². The first kappa shape index (κ1) is 33.6. The van der Waals surface area contributed by atoms with Crippen LogP contribution in [0.25, 0.3) is 0 Å². The second-order valence-electron chi connectivity index (χ2n) is 12.5. The van der Waals surface area contributed by atoms with Gasteiger partial charge in [0.1, 0.15) is 0 Å². The maximum atomic E-state index is 14.0. The Morgan fingerprint density at radius 3 is 2.39 bits per heavy atom. The molecular formula is C32H46F3N7O2. The fraction of sp³-hybridized carbons (Fsp3) is 0.625. The lowest BCUT2D eigenvalue weighted by Crippen LogP contribution is -2.44. The molecule has 242 valence electrons. The number of anilines is 2. The van der Waals surface area contributed by atoms with Crippen molar-refractivity contribution in [3.63, 3.8) is 0 Å². The SMILES string of the molecule is CN(C)CCCCNC(=O)[C@H]1CCC[C@H]1Cc1nc(Nc2ccc(C(=O)N(C)C3CCN(C)CC3)cc2)ncc1C(F)(F)F. The minimum absolute atomic E-state index is 0.0374. The van der Waals surface area contributed by atoms with Crippen LogP contribution in [-0.2, 0) is 17.4 Å². The van der Waals surface area contributed by atoms with Gasteiger partial charge in [-0.1, -0.05) is 6.42 Å². The summed E-state index contributed by atoms with van der Waals surface area (Å²) >= 11 is 0. The molecular weight excluding hydrogens is 571 g/mol. The fourth-order valence-electron chi connectivity index (χ4n) is 6.22. The van der Waals surface area contributed by atoms with E-state index in [9.17, 15) is 22.8 Å². The van der Waals surface area contributed by atoms with Crippen molar-refractivity contribution in [3.8, 4) is 0 Å². The average molecular weight is 618 g/mol. The third kappa shape index (κ3) is 9.13. The highest BCUT2D eigenvalue weighted by Crippen LogP contribution is 2.38. The monoisotopic (exact) mass is 617 g/mol. The second kappa shape index (κ2) is 15.2. The minimum atomic E-state index is -4.61. The average Bonchev–Trinajstić information content (AvgIpc) is 3.44. The number of carbonyl (C=O) groups excluding carboxylic acids is 2. The van der Waals surface area contributed by atoms with Gasteiger partial charge in [0.25, 0.3) is 5.91 Å². The standard InChI is InChI=1S/C32H46F3N7O2/c1-40(2)17-6-5-16-36-29(43)26-9-7-8-23(26)20-28-27(32(33,34)35)21-37-31(39-28)38-24-12-10-22(11-13-24)30(44)42(4)25-14-18-41(3)19-15-25/h10-13,21,23,25-26H,5-9,14-20H2,1-4H3,(H,36,43)(H,37,38,39)/t23-,26-/m0/s1. The molecule has 1 saturated carbocycles. The second-order valence-corrected chi connectivity index (χ2v) is 12.5. The summed E-state index contributed by atoms with van der Waals surface area (Å²) in [6, 6.07) is 6.99. The number of rotatable bonds is 12. The van der Waals surface area contributed by atoms with Crippen molar-refractivity contribution in [1.82, 2.24) is 30.0 Å². The van der Waals surface area contributed by atoms with Gasteiger partial charge in [-0.2, -0.15) is 13.2 Å². The van der Waals surface area contributed by atoms with Crippen molar-refractivity contribution in [2.45, 2.75) is 63.6 Å². The maximum absolute atomic E-state index is 14.0. The highest BCUT2D eigenvalue weighted by molar-refractivity contribution is 5.94. The molecule has 0 radical (unpaired) electrons. The van der Waals surface area contributed by atoms with Gasteiger partial charge in [-0.3, -0.25) is 9.59 Å². The smallest absolute Gasteiger partial charge is 0.356 e. The normalized spacial score (nSPS) is 19.7. The predicted molar refractivity (Wildman–Crippen MR) is 165 cm³/mol. The molecule has 1 aliphatic carbocycles. The van der Waals surface area contributed by atoms with E-state index in [2.05, 4.69) is 37.4 Å². The molecule has 0 bridgehead atoms. The summed E-state index contributed by atoms with van der Waals surface area (Å²) in [6.45, 7) is 3.40. The Hall–Kier alpha value is -3.25. The number of amides is 2. The van der Waals surface area contributed by atoms with Crippen molar-refractivity contribution in [2.24, 2.45) is 11.8 Å². The fourth-order valence-corrected chi connectivity index (χ4v) is 6.22. The van der Waals surface area contributed by atoms with Crippen LogP contribution in [0, 0.1) is 11.8 Å². The molecule has 4 rings (SSSR count). The van der Waals surface area contributed by atoms with Gasteiger partial charge in [0, 0.05) is 43.0 Å². The summed E-state index contributed by atoms with van der Waals surface area (Å²) in [5, 5.41) is 5.98. The van der Waals surface area contributed by atoms with Crippen LogP contribution in [0.1, 0.15) is 66.6 Å². The lowest BCUT2D eigenvalue weighted by atomic mass is 9.89. The molecule has 0 spiro atoms. The Balaban J connectivity index is 1.41. The van der Waals surface area contributed by atoms with E-state index in [4.69, 9.17) is 0 Å². The number of nitrogens with one attached hydrogen (secondary N) is 2. The van der Waals surface area contributed by atoms with Crippen LogP contribution in [0.2, 0.25) is 0 Å². The van der Waals surface area contributed by atoms with Gasteiger partial charge in [-0.05, 0) is 116 Å². The zero-order valence-corrected chi connectivity index (χ0v) is 26.3. The van der Waals surface area contributed by atoms with Crippen LogP contribution in [0.3, 0.4) is 0 Å². The summed E-state index contributed by atoms with van der Waals surface area (Å²) in [7, 11) is 7.90. The number of halogens is 3. The molecule has 2 fully saturated rings. The Kier molecular flexibility index (Phi) is 11.6. The molecule has 0 unspecified atom stereocenters. The summed E-state index contributed by atoms with van der Waals surface area (Å²) in [5.74, 6) is -0.686. The maximum Gasteiger partial charge on any atom is 0.419 e. The first-order valence-corrected chi connectivity index (χ1v) is 15.6. The van der Waals surface area contributed by atoms with Gasteiger partial charge in [0.2, 0.25) is 11.9 Å². The van der Waals surface area contributed by atoms with Gasteiger partial charge < -0.3 is 25.3 Å². The van der Waals surface area contributed by atoms with Crippen molar-refractivity contribution in [2.75, 3.05) is 59.7 Å². The number of likely N-dealkylation sites (tertiary alicyclic amines) is 1. The van der Waals surface area contributed by atoms with E-state index in [0.717, 1.165) is 57.9 Å². The molecule has 1 aromatic heterocycles. The molecule has 9 nitrogen and oxygen atoms in total. The number of nitrogens with zero attached hydrogens (tertiary/aromatic N) is 5. The van der Waals surface area contributed by atoms with E-state index in [-0.39, 0.29) is 47.8 Å². The van der Waals surface area contributed by atoms with Crippen molar-refractivity contribution < 1.29 is 22.8 Å². The van der Waals surface area contributed by atoms with E-state index >= 15 is 0 Å². The van der Waals surface area contributed by atoms with Crippen molar-refractivity contribution in [1.29, 1.82) is 0 Å². The van der Waals surface area contributed by atoms with Crippen LogP contribution in [0.5, 0.6) is 0 Å². The zero-order chi connectivity index (χ0) is 31.9. The van der Waals surface area contributed by atoms with E-state index in [0.29, 0.717) is 30.6 Å². The van der Waals surface area contributed by atoms with Crippen molar-refractivity contribution in [3.05, 3.63) is 47.3 Å². The van der Waals surface area contributed by atoms with Gasteiger partial charge in [0.05, 0.1) is 11.3 Å². The molecule has 44 heavy (non-hydrogen) atoms. The lowest BCUT2D eigenvalue weighted by Gasteiger charge is -2.35. The van der Waals surface area contributed by atoms with Crippen LogP contribution in [0.4, 0.5) is 24.8 Å². The molecule has 12 heteroatoms. The quantitative estimate of drug-likeness (QED) is 0.330. The summed E-state index contributed by atoms with van der Waals surface area (Å²) in [4.78, 5) is 40.4. The topological polar surface area (TPSA) is 93.7 Å². The first-order chi connectivity index (χ1) is 20.9. The zero-order valence-electron chi connectivity index (χ0n) is 26.3. The molecule has 2 atom stereocenters. The Labute approximate surface area is 258 Å². The molecule has 2 aromatic rings. The highest BCUT2D eigenvalue weighted by atomic mass is 19.4. The highest BCUT2D eigenvalue weighted by Gasteiger charge is 2.39. The number of hydrogen-bond donors (Lipinski definition) is 2. The summed E-state index contributed by atoms with van der Waals surface area (Å²) in [5.41, 5.74) is 0.101. The Morgan fingerprint density at radius 2 is 1.73 bits per heavy atom. The van der Waals surface area contributed by atoms with Gasteiger partial charge in [-0.15, -0.1) is 0 Å².